The Morgan fingerprint density at radius 2 is 2.00 bits per heavy atom. The van der Waals surface area contributed by atoms with Gasteiger partial charge in [-0.25, -0.2) is 0 Å². The van der Waals surface area contributed by atoms with Crippen LogP contribution in [0.25, 0.3) is 0 Å². The minimum absolute atomic E-state index is 0.00773. The van der Waals surface area contributed by atoms with Crippen LogP contribution < -0.4 is 0 Å². The van der Waals surface area contributed by atoms with Gasteiger partial charge in [-0.1, -0.05) is 19.4 Å². The first-order chi connectivity index (χ1) is 7.85. The molecule has 0 amide bonds. The van der Waals surface area contributed by atoms with E-state index in [0.717, 1.165) is 18.4 Å². The van der Waals surface area contributed by atoms with E-state index in [1.54, 1.807) is 0 Å². The Balaban J connectivity index is 2.19. The third kappa shape index (κ3) is 2.28. The van der Waals surface area contributed by atoms with Gasteiger partial charge in [0.2, 0.25) is 0 Å². The topological polar surface area (TPSA) is 43.4 Å². The van der Waals surface area contributed by atoms with E-state index >= 15 is 0 Å². The SMILES string of the molecule is COC(=O)[C@H]1C[C@H]1C1=C(C)C(=O)CC(C)(C)C1. The van der Waals surface area contributed by atoms with Gasteiger partial charge in [-0.2, -0.15) is 0 Å². The number of Topliss-reactive ketones (excluding diaryl/α,β-unsaturated/α-hetero) is 1. The Bertz CT molecular complexity index is 404. The van der Waals surface area contributed by atoms with Crippen LogP contribution in [0.1, 0.15) is 40.0 Å². The fourth-order valence-corrected chi connectivity index (χ4v) is 2.86. The summed E-state index contributed by atoms with van der Waals surface area (Å²) in [5.74, 6) is 0.357. The minimum atomic E-state index is -0.133. The van der Waals surface area contributed by atoms with Gasteiger partial charge in [0, 0.05) is 6.42 Å². The maximum Gasteiger partial charge on any atom is 0.309 e. The molecule has 2 atom stereocenters. The molecule has 0 N–H and O–H groups in total. The smallest absolute Gasteiger partial charge is 0.309 e. The fourth-order valence-electron chi connectivity index (χ4n) is 2.86. The highest BCUT2D eigenvalue weighted by Crippen LogP contribution is 2.51. The van der Waals surface area contributed by atoms with Gasteiger partial charge >= 0.3 is 5.97 Å². The largest absolute Gasteiger partial charge is 0.469 e. The van der Waals surface area contributed by atoms with Crippen molar-refractivity contribution >= 4 is 11.8 Å². The molecule has 2 aliphatic rings. The van der Waals surface area contributed by atoms with Crippen LogP contribution in [-0.2, 0) is 14.3 Å². The highest BCUT2D eigenvalue weighted by molar-refractivity contribution is 5.97. The van der Waals surface area contributed by atoms with Gasteiger partial charge in [-0.05, 0) is 36.7 Å². The Morgan fingerprint density at radius 3 is 2.59 bits per heavy atom. The molecule has 0 saturated heterocycles. The molecule has 3 heteroatoms. The van der Waals surface area contributed by atoms with Crippen LogP contribution in [0.5, 0.6) is 0 Å². The zero-order valence-corrected chi connectivity index (χ0v) is 11.0. The maximum atomic E-state index is 11.9. The van der Waals surface area contributed by atoms with Crippen molar-refractivity contribution in [3.8, 4) is 0 Å². The van der Waals surface area contributed by atoms with Crippen LogP contribution in [0.15, 0.2) is 11.1 Å². The van der Waals surface area contributed by atoms with Gasteiger partial charge in [0.1, 0.15) is 0 Å². The predicted octanol–water partition coefficient (Wildman–Crippen LogP) is 2.50. The van der Waals surface area contributed by atoms with Crippen LogP contribution >= 0.6 is 0 Å². The summed E-state index contributed by atoms with van der Waals surface area (Å²) in [5.41, 5.74) is 2.12. The number of methoxy groups -OCH3 is 1. The van der Waals surface area contributed by atoms with E-state index in [9.17, 15) is 9.59 Å². The van der Waals surface area contributed by atoms with Crippen molar-refractivity contribution < 1.29 is 14.3 Å². The molecule has 1 fully saturated rings. The monoisotopic (exact) mass is 236 g/mol. The number of allylic oxidation sites excluding steroid dienone is 2. The van der Waals surface area contributed by atoms with E-state index in [4.69, 9.17) is 4.74 Å². The van der Waals surface area contributed by atoms with Crippen molar-refractivity contribution in [1.82, 2.24) is 0 Å². The summed E-state index contributed by atoms with van der Waals surface area (Å²) in [6.45, 7) is 6.14. The van der Waals surface area contributed by atoms with Crippen molar-refractivity contribution in [2.75, 3.05) is 7.11 Å². The first-order valence-corrected chi connectivity index (χ1v) is 6.16. The molecule has 0 bridgehead atoms. The van der Waals surface area contributed by atoms with E-state index in [-0.39, 0.29) is 29.0 Å². The molecule has 0 radical (unpaired) electrons. The van der Waals surface area contributed by atoms with E-state index in [1.165, 1.54) is 12.7 Å². The van der Waals surface area contributed by atoms with E-state index in [2.05, 4.69) is 13.8 Å². The van der Waals surface area contributed by atoms with E-state index in [1.807, 2.05) is 6.92 Å². The highest BCUT2D eigenvalue weighted by Gasteiger charge is 2.49. The summed E-state index contributed by atoms with van der Waals surface area (Å²) in [6, 6.07) is 0. The van der Waals surface area contributed by atoms with Gasteiger partial charge < -0.3 is 4.74 Å². The summed E-state index contributed by atoms with van der Waals surface area (Å²) in [5, 5.41) is 0. The van der Waals surface area contributed by atoms with Crippen molar-refractivity contribution in [3.05, 3.63) is 11.1 Å². The predicted molar refractivity (Wildman–Crippen MR) is 64.3 cm³/mol. The number of ether oxygens (including phenoxy) is 1. The first kappa shape index (κ1) is 12.3. The third-order valence-electron chi connectivity index (χ3n) is 3.95. The van der Waals surface area contributed by atoms with Gasteiger partial charge in [-0.3, -0.25) is 9.59 Å². The van der Waals surface area contributed by atoms with Crippen molar-refractivity contribution in [2.45, 2.75) is 40.0 Å². The Morgan fingerprint density at radius 1 is 1.35 bits per heavy atom. The first-order valence-electron chi connectivity index (χ1n) is 6.16. The lowest BCUT2D eigenvalue weighted by Gasteiger charge is -2.31. The molecule has 0 aromatic rings. The van der Waals surface area contributed by atoms with Crippen LogP contribution in [0.3, 0.4) is 0 Å². The van der Waals surface area contributed by atoms with Crippen molar-refractivity contribution in [3.63, 3.8) is 0 Å². The summed E-state index contributed by atoms with van der Waals surface area (Å²) in [4.78, 5) is 23.4. The average Bonchev–Trinajstić information content (AvgIpc) is 3.01. The molecule has 2 aliphatic carbocycles. The normalized spacial score (nSPS) is 31.4. The number of ketones is 1. The zero-order chi connectivity index (χ0) is 12.8. The van der Waals surface area contributed by atoms with Gasteiger partial charge in [0.15, 0.2) is 5.78 Å². The van der Waals surface area contributed by atoms with Gasteiger partial charge in [0.05, 0.1) is 13.0 Å². The quantitative estimate of drug-likeness (QED) is 0.692. The van der Waals surface area contributed by atoms with Crippen LogP contribution in [0.4, 0.5) is 0 Å². The minimum Gasteiger partial charge on any atom is -0.469 e. The highest BCUT2D eigenvalue weighted by atomic mass is 16.5. The summed E-state index contributed by atoms with van der Waals surface area (Å²) in [6.07, 6.45) is 2.41. The second-order valence-electron chi connectivity index (χ2n) is 6.06. The fraction of sp³-hybridized carbons (Fsp3) is 0.714. The lowest BCUT2D eigenvalue weighted by Crippen LogP contribution is -2.26. The molecule has 0 aromatic carbocycles. The number of carbonyl (C=O) groups is 2. The molecule has 3 nitrogen and oxygen atoms in total. The molecule has 0 aliphatic heterocycles. The molecule has 1 saturated carbocycles. The number of hydrogen-bond acceptors (Lipinski definition) is 3. The Labute approximate surface area is 102 Å². The Hall–Kier alpha value is -1.12. The zero-order valence-electron chi connectivity index (χ0n) is 11.0. The molecule has 0 spiro atoms. The third-order valence-corrected chi connectivity index (χ3v) is 3.95. The Kier molecular flexibility index (Phi) is 2.88. The van der Waals surface area contributed by atoms with Crippen molar-refractivity contribution in [2.24, 2.45) is 17.3 Å². The lowest BCUT2D eigenvalue weighted by atomic mass is 9.72. The van der Waals surface area contributed by atoms with E-state index in [0.29, 0.717) is 6.42 Å². The lowest BCUT2D eigenvalue weighted by molar-refractivity contribution is -0.142. The summed E-state index contributed by atoms with van der Waals surface area (Å²) >= 11 is 0. The maximum absolute atomic E-state index is 11.9. The van der Waals surface area contributed by atoms with Crippen LogP contribution in [-0.4, -0.2) is 18.9 Å². The molecular weight excluding hydrogens is 216 g/mol. The van der Waals surface area contributed by atoms with Gasteiger partial charge in [0.25, 0.3) is 0 Å². The average molecular weight is 236 g/mol. The van der Waals surface area contributed by atoms with Crippen molar-refractivity contribution in [1.29, 1.82) is 0 Å². The molecule has 2 rings (SSSR count). The number of hydrogen-bond donors (Lipinski definition) is 0. The number of rotatable bonds is 2. The molecule has 0 aromatic heterocycles. The molecule has 94 valence electrons. The van der Waals surface area contributed by atoms with E-state index < -0.39 is 0 Å². The van der Waals surface area contributed by atoms with Crippen LogP contribution in [0.2, 0.25) is 0 Å². The second kappa shape index (κ2) is 3.97. The molecular formula is C14H20O3. The molecule has 17 heavy (non-hydrogen) atoms. The van der Waals surface area contributed by atoms with Gasteiger partial charge in [-0.15, -0.1) is 0 Å². The summed E-state index contributed by atoms with van der Waals surface area (Å²) < 4.78 is 4.76. The molecule has 0 unspecified atom stereocenters. The second-order valence-corrected chi connectivity index (χ2v) is 6.06. The number of esters is 1. The van der Waals surface area contributed by atoms with Crippen LogP contribution in [0, 0.1) is 17.3 Å². The molecule has 0 heterocycles. The summed E-state index contributed by atoms with van der Waals surface area (Å²) in [7, 11) is 1.43. The number of carbonyl (C=O) groups excluding carboxylic acids is 2. The standard InChI is InChI=1S/C14H20O3/c1-8-11(6-14(2,3)7-12(8)15)9-5-10(9)13(16)17-4/h9-10H,5-7H2,1-4H3/t9-,10+/m1/s1.